The fourth-order valence-corrected chi connectivity index (χ4v) is 12.5. The minimum absolute atomic E-state index is 0.0948. The molecule has 9 aromatic carbocycles. The smallest absolute Gasteiger partial charge is 0.0725 e. The minimum atomic E-state index is -0.389. The molecule has 0 amide bonds. The molecule has 1 heterocycles. The van der Waals surface area contributed by atoms with Crippen molar-refractivity contribution in [2.24, 2.45) is 0 Å². The Kier molecular flexibility index (Phi) is 6.94. The second kappa shape index (κ2) is 12.3. The van der Waals surface area contributed by atoms with E-state index in [1.807, 2.05) is 11.3 Å². The number of hydrogen-bond donors (Lipinski definition) is 0. The number of nitrogens with zero attached hydrogens (tertiary/aromatic N) is 1. The number of anilines is 3. The summed E-state index contributed by atoms with van der Waals surface area (Å²) in [6, 6.07) is 75.5. The van der Waals surface area contributed by atoms with Crippen LogP contribution in [0, 0.1) is 0 Å². The molecule has 1 nitrogen and oxygen atoms in total. The molecule has 1 spiro atoms. The SMILES string of the molecule is CC1(C)c2ccccc2-c2c(-c3ccccc3N(c3ccc4c(c3)-c3ccccc3C43c4ccccc4-c4ccccc43)c3ccc4sc5ccccc5c4c3)cccc21. The zero-order valence-electron chi connectivity index (χ0n) is 33.4. The fraction of sp³-hybridized carbons (Fsp3) is 0.0690. The third kappa shape index (κ3) is 4.36. The van der Waals surface area contributed by atoms with Crippen LogP contribution in [0.4, 0.5) is 17.1 Å². The van der Waals surface area contributed by atoms with E-state index in [1.165, 1.54) is 98.1 Å². The molecule has 0 aliphatic heterocycles. The standard InChI is InChI=1S/C58H39NS/c1-57(2)47-23-9-6-21-44(47)56-43(22-15-27-52(56)57)41-19-7-13-28-53(41)59(37-31-33-55-46(35-37)42-20-8-14-29-54(42)60-55)36-30-32-51-45(34-36)40-18-5-12-26-50(40)58(51)48-24-10-3-16-38(48)39-17-4-11-25-49(39)58/h3-35H,1-2H3. The molecule has 0 unspecified atom stereocenters. The normalized spacial score (nSPS) is 14.4. The lowest BCUT2D eigenvalue weighted by Gasteiger charge is -2.32. The highest BCUT2D eigenvalue weighted by Crippen LogP contribution is 2.63. The van der Waals surface area contributed by atoms with Crippen molar-refractivity contribution in [1.29, 1.82) is 0 Å². The molecule has 0 atom stereocenters. The number of hydrogen-bond acceptors (Lipinski definition) is 2. The molecule has 60 heavy (non-hydrogen) atoms. The van der Waals surface area contributed by atoms with Crippen LogP contribution in [0.5, 0.6) is 0 Å². The Morgan fingerprint density at radius 2 is 0.850 bits per heavy atom. The predicted molar refractivity (Wildman–Crippen MR) is 253 cm³/mol. The molecule has 13 rings (SSSR count). The van der Waals surface area contributed by atoms with Crippen molar-refractivity contribution in [3.8, 4) is 44.5 Å². The van der Waals surface area contributed by atoms with Gasteiger partial charge in [0.25, 0.3) is 0 Å². The first kappa shape index (κ1) is 33.9. The van der Waals surface area contributed by atoms with Crippen LogP contribution in [0.15, 0.2) is 200 Å². The van der Waals surface area contributed by atoms with Crippen molar-refractivity contribution in [3.05, 3.63) is 234 Å². The average Bonchev–Trinajstić information content (AvgIpc) is 3.99. The molecule has 282 valence electrons. The molecule has 0 radical (unpaired) electrons. The maximum atomic E-state index is 2.52. The van der Waals surface area contributed by atoms with E-state index in [2.05, 4.69) is 219 Å². The highest BCUT2D eigenvalue weighted by Gasteiger charge is 2.51. The van der Waals surface area contributed by atoms with Gasteiger partial charge in [0.2, 0.25) is 0 Å². The van der Waals surface area contributed by atoms with Gasteiger partial charge in [-0.15, -0.1) is 11.3 Å². The molecular formula is C58H39NS. The van der Waals surface area contributed by atoms with Crippen molar-refractivity contribution in [2.75, 3.05) is 4.90 Å². The van der Waals surface area contributed by atoms with Crippen molar-refractivity contribution in [2.45, 2.75) is 24.7 Å². The molecule has 10 aromatic rings. The number of thiophene rings is 1. The summed E-state index contributed by atoms with van der Waals surface area (Å²) >= 11 is 1.87. The van der Waals surface area contributed by atoms with Gasteiger partial charge >= 0.3 is 0 Å². The summed E-state index contributed by atoms with van der Waals surface area (Å²) in [6.45, 7) is 4.74. The van der Waals surface area contributed by atoms with Gasteiger partial charge in [-0.25, -0.2) is 0 Å². The van der Waals surface area contributed by atoms with E-state index in [0.29, 0.717) is 0 Å². The van der Waals surface area contributed by atoms with Gasteiger partial charge in [-0.3, -0.25) is 0 Å². The topological polar surface area (TPSA) is 3.24 Å². The zero-order valence-corrected chi connectivity index (χ0v) is 34.2. The minimum Gasteiger partial charge on any atom is -0.310 e. The van der Waals surface area contributed by atoms with Crippen molar-refractivity contribution in [1.82, 2.24) is 0 Å². The Labute approximate surface area is 354 Å². The average molecular weight is 782 g/mol. The Balaban J connectivity index is 1.09. The lowest BCUT2D eigenvalue weighted by molar-refractivity contribution is 0.660. The van der Waals surface area contributed by atoms with Gasteiger partial charge in [0.15, 0.2) is 0 Å². The molecule has 3 aliphatic rings. The van der Waals surface area contributed by atoms with Crippen LogP contribution in [0.2, 0.25) is 0 Å². The van der Waals surface area contributed by atoms with Gasteiger partial charge in [-0.1, -0.05) is 172 Å². The summed E-state index contributed by atoms with van der Waals surface area (Å²) < 4.78 is 2.62. The van der Waals surface area contributed by atoms with Crippen LogP contribution >= 0.6 is 11.3 Å². The van der Waals surface area contributed by atoms with E-state index in [-0.39, 0.29) is 10.8 Å². The first-order valence-corrected chi connectivity index (χ1v) is 21.8. The molecule has 0 bridgehead atoms. The Hall–Kier alpha value is -7.00. The van der Waals surface area contributed by atoms with Gasteiger partial charge in [-0.05, 0) is 115 Å². The van der Waals surface area contributed by atoms with E-state index >= 15 is 0 Å². The van der Waals surface area contributed by atoms with Crippen molar-refractivity contribution >= 4 is 48.6 Å². The first-order valence-electron chi connectivity index (χ1n) is 21.0. The van der Waals surface area contributed by atoms with Gasteiger partial charge < -0.3 is 4.90 Å². The predicted octanol–water partition coefficient (Wildman–Crippen LogP) is 15.8. The number of rotatable bonds is 4. The molecule has 1 aromatic heterocycles. The third-order valence-corrected chi connectivity index (χ3v) is 15.1. The Morgan fingerprint density at radius 3 is 1.58 bits per heavy atom. The number of benzene rings is 9. The Bertz CT molecular complexity index is 3390. The fourth-order valence-electron chi connectivity index (χ4n) is 11.4. The molecule has 0 saturated heterocycles. The summed E-state index contributed by atoms with van der Waals surface area (Å²) in [4.78, 5) is 2.52. The molecule has 2 heteroatoms. The monoisotopic (exact) mass is 781 g/mol. The highest BCUT2D eigenvalue weighted by molar-refractivity contribution is 7.25. The zero-order chi connectivity index (χ0) is 39.7. The van der Waals surface area contributed by atoms with Gasteiger partial charge in [0.1, 0.15) is 0 Å². The molecule has 3 aliphatic carbocycles. The maximum Gasteiger partial charge on any atom is 0.0725 e. The van der Waals surface area contributed by atoms with E-state index in [4.69, 9.17) is 0 Å². The first-order chi connectivity index (χ1) is 29.5. The van der Waals surface area contributed by atoms with Crippen LogP contribution < -0.4 is 4.90 Å². The number of para-hydroxylation sites is 1. The van der Waals surface area contributed by atoms with Crippen molar-refractivity contribution < 1.29 is 0 Å². The highest BCUT2D eigenvalue weighted by atomic mass is 32.1. The molecule has 0 saturated carbocycles. The molecular weight excluding hydrogens is 743 g/mol. The van der Waals surface area contributed by atoms with Crippen LogP contribution in [0.25, 0.3) is 64.7 Å². The van der Waals surface area contributed by atoms with E-state index in [9.17, 15) is 0 Å². The second-order valence-electron chi connectivity index (χ2n) is 17.1. The quantitative estimate of drug-likeness (QED) is 0.172. The van der Waals surface area contributed by atoms with Gasteiger partial charge in [0.05, 0.1) is 11.1 Å². The van der Waals surface area contributed by atoms with Crippen LogP contribution in [-0.4, -0.2) is 0 Å². The van der Waals surface area contributed by atoms with Crippen molar-refractivity contribution in [3.63, 3.8) is 0 Å². The van der Waals surface area contributed by atoms with Crippen LogP contribution in [0.3, 0.4) is 0 Å². The van der Waals surface area contributed by atoms with E-state index < -0.39 is 0 Å². The van der Waals surface area contributed by atoms with Crippen LogP contribution in [0.1, 0.15) is 47.2 Å². The lowest BCUT2D eigenvalue weighted by atomic mass is 9.70. The van der Waals surface area contributed by atoms with Crippen LogP contribution in [-0.2, 0) is 10.8 Å². The van der Waals surface area contributed by atoms with E-state index in [0.717, 1.165) is 17.1 Å². The summed E-state index contributed by atoms with van der Waals surface area (Å²) in [5.74, 6) is 0. The largest absolute Gasteiger partial charge is 0.310 e. The summed E-state index contributed by atoms with van der Waals surface area (Å²) in [5.41, 5.74) is 21.5. The van der Waals surface area contributed by atoms with Gasteiger partial charge in [-0.2, -0.15) is 0 Å². The summed E-state index contributed by atoms with van der Waals surface area (Å²) in [7, 11) is 0. The third-order valence-electron chi connectivity index (χ3n) is 13.9. The van der Waals surface area contributed by atoms with E-state index in [1.54, 1.807) is 0 Å². The summed E-state index contributed by atoms with van der Waals surface area (Å²) in [5, 5.41) is 2.59. The lowest BCUT2D eigenvalue weighted by Crippen LogP contribution is -2.25. The second-order valence-corrected chi connectivity index (χ2v) is 18.2. The number of fused-ring (bicyclic) bond motifs is 16. The maximum absolute atomic E-state index is 2.52. The molecule has 0 fully saturated rings. The Morgan fingerprint density at radius 1 is 0.350 bits per heavy atom. The molecule has 0 N–H and O–H groups in total. The van der Waals surface area contributed by atoms with Gasteiger partial charge in [0, 0.05) is 42.5 Å². The summed E-state index contributed by atoms with van der Waals surface area (Å²) in [6.07, 6.45) is 0.